The Kier molecular flexibility index (Phi) is 9.22. The maximum Gasteiger partial charge on any atom is 0.372 e. The molecule has 0 fully saturated rings. The van der Waals surface area contributed by atoms with Crippen molar-refractivity contribution in [2.45, 2.75) is 64.5 Å². The molecule has 0 saturated heterocycles. The molecule has 0 amide bonds. The minimum absolute atomic E-state index is 0.509. The van der Waals surface area contributed by atoms with E-state index >= 15 is 0 Å². The van der Waals surface area contributed by atoms with Crippen LogP contribution >= 0.6 is 0 Å². The fourth-order valence-corrected chi connectivity index (χ4v) is 1.29. The van der Waals surface area contributed by atoms with Gasteiger partial charge in [0.2, 0.25) is 0 Å². The Balaban J connectivity index is 3.86. The average molecular weight is 260 g/mol. The number of nitrogens with two attached hydrogens (primary N) is 2. The van der Waals surface area contributed by atoms with Gasteiger partial charge in [0.25, 0.3) is 0 Å². The van der Waals surface area contributed by atoms with E-state index < -0.39 is 24.0 Å². The highest BCUT2D eigenvalue weighted by atomic mass is 17.2. The maximum atomic E-state index is 11.3. The molecule has 0 rings (SSSR count). The molecule has 0 bridgehead atoms. The van der Waals surface area contributed by atoms with Gasteiger partial charge in [-0.2, -0.15) is 0 Å². The number of rotatable bonds is 8. The lowest BCUT2D eigenvalue weighted by Crippen LogP contribution is -2.36. The van der Waals surface area contributed by atoms with E-state index in [1.54, 1.807) is 0 Å². The highest BCUT2D eigenvalue weighted by Crippen LogP contribution is 2.03. The van der Waals surface area contributed by atoms with E-state index in [1.165, 1.54) is 0 Å². The molecule has 0 spiro atoms. The molecular formula is C12H24N2O4. The fraction of sp³-hybridized carbons (Fsp3) is 0.833. The van der Waals surface area contributed by atoms with Crippen molar-refractivity contribution in [3.8, 4) is 0 Å². The molecule has 0 aliphatic heterocycles. The predicted molar refractivity (Wildman–Crippen MR) is 67.2 cm³/mol. The second-order valence-corrected chi connectivity index (χ2v) is 4.30. The largest absolute Gasteiger partial charge is 0.372 e. The molecule has 0 aromatic heterocycles. The van der Waals surface area contributed by atoms with E-state index in [2.05, 4.69) is 9.78 Å². The molecular weight excluding hydrogens is 236 g/mol. The highest BCUT2D eigenvalue weighted by molar-refractivity contribution is 5.78. The van der Waals surface area contributed by atoms with Crippen molar-refractivity contribution in [2.24, 2.45) is 11.5 Å². The van der Waals surface area contributed by atoms with Crippen LogP contribution in [0.4, 0.5) is 0 Å². The molecule has 4 N–H and O–H groups in total. The monoisotopic (exact) mass is 260 g/mol. The summed E-state index contributed by atoms with van der Waals surface area (Å²) in [5.74, 6) is -1.47. The quantitative estimate of drug-likeness (QED) is 0.498. The molecule has 106 valence electrons. The summed E-state index contributed by atoms with van der Waals surface area (Å²) in [5, 5.41) is 0. The van der Waals surface area contributed by atoms with Crippen molar-refractivity contribution in [1.82, 2.24) is 0 Å². The van der Waals surface area contributed by atoms with Crippen molar-refractivity contribution in [1.29, 1.82) is 0 Å². The van der Waals surface area contributed by atoms with Crippen LogP contribution < -0.4 is 11.5 Å². The lowest BCUT2D eigenvalue weighted by atomic mass is 10.1. The van der Waals surface area contributed by atoms with Gasteiger partial charge in [-0.25, -0.2) is 19.4 Å². The smallest absolute Gasteiger partial charge is 0.318 e. The zero-order valence-electron chi connectivity index (χ0n) is 11.2. The fourth-order valence-electron chi connectivity index (χ4n) is 1.29. The predicted octanol–water partition coefficient (Wildman–Crippen LogP) is 1.02. The third kappa shape index (κ3) is 7.24. The van der Waals surface area contributed by atoms with Crippen LogP contribution in [0.3, 0.4) is 0 Å². The third-order valence-electron chi connectivity index (χ3n) is 2.55. The Bertz CT molecular complexity index is 232. The van der Waals surface area contributed by atoms with Crippen LogP contribution in [-0.4, -0.2) is 24.0 Å². The molecule has 18 heavy (non-hydrogen) atoms. The Labute approximate surface area is 108 Å². The third-order valence-corrected chi connectivity index (χ3v) is 2.55. The second kappa shape index (κ2) is 9.85. The maximum absolute atomic E-state index is 11.3. The van der Waals surface area contributed by atoms with E-state index in [9.17, 15) is 9.59 Å². The number of hydrogen-bond acceptors (Lipinski definition) is 6. The Morgan fingerprint density at radius 2 is 1.22 bits per heavy atom. The van der Waals surface area contributed by atoms with Gasteiger partial charge in [0.05, 0.1) is 0 Å². The van der Waals surface area contributed by atoms with Crippen LogP contribution in [0.15, 0.2) is 0 Å². The van der Waals surface area contributed by atoms with Crippen LogP contribution in [0.2, 0.25) is 0 Å². The lowest BCUT2D eigenvalue weighted by molar-refractivity contribution is -0.261. The Morgan fingerprint density at radius 3 is 1.50 bits per heavy atom. The minimum atomic E-state index is -0.760. The highest BCUT2D eigenvalue weighted by Gasteiger charge is 2.21. The first-order chi connectivity index (χ1) is 8.52. The molecule has 0 heterocycles. The number of carbonyl (C=O) groups is 2. The van der Waals surface area contributed by atoms with Crippen LogP contribution in [0.25, 0.3) is 0 Å². The molecule has 6 nitrogen and oxygen atoms in total. The standard InChI is InChI=1S/C12H24N2O4/c1-3-5-7-9(13)11(15)17-18-12(16)10(14)8-6-4-2/h9-10H,3-8,13-14H2,1-2H3/t9-,10-/m0/s1. The van der Waals surface area contributed by atoms with Crippen molar-refractivity contribution >= 4 is 11.9 Å². The van der Waals surface area contributed by atoms with Crippen molar-refractivity contribution < 1.29 is 19.4 Å². The summed E-state index contributed by atoms with van der Waals surface area (Å²) in [4.78, 5) is 31.4. The molecule has 0 radical (unpaired) electrons. The van der Waals surface area contributed by atoms with Crippen molar-refractivity contribution in [2.75, 3.05) is 0 Å². The topological polar surface area (TPSA) is 105 Å². The van der Waals surface area contributed by atoms with Crippen LogP contribution in [0.5, 0.6) is 0 Å². The summed E-state index contributed by atoms with van der Waals surface area (Å²) >= 11 is 0. The first kappa shape index (κ1) is 16.9. The first-order valence-corrected chi connectivity index (χ1v) is 6.46. The van der Waals surface area contributed by atoms with Crippen molar-refractivity contribution in [3.05, 3.63) is 0 Å². The van der Waals surface area contributed by atoms with Crippen LogP contribution in [0.1, 0.15) is 52.4 Å². The molecule has 0 unspecified atom stereocenters. The van der Waals surface area contributed by atoms with E-state index in [4.69, 9.17) is 11.5 Å². The van der Waals surface area contributed by atoms with Gasteiger partial charge >= 0.3 is 11.9 Å². The minimum Gasteiger partial charge on any atom is -0.318 e. The normalized spacial score (nSPS) is 13.8. The van der Waals surface area contributed by atoms with Gasteiger partial charge in [0.15, 0.2) is 0 Å². The SMILES string of the molecule is CCCC[C@H](N)C(=O)OOC(=O)[C@@H](N)CCCC. The van der Waals surface area contributed by atoms with Gasteiger partial charge in [-0.05, 0) is 12.8 Å². The number of carbonyl (C=O) groups excluding carboxylic acids is 2. The van der Waals surface area contributed by atoms with Crippen LogP contribution in [-0.2, 0) is 19.4 Å². The molecule has 0 aliphatic carbocycles. The zero-order chi connectivity index (χ0) is 14.0. The second-order valence-electron chi connectivity index (χ2n) is 4.30. The number of hydrogen-bond donors (Lipinski definition) is 2. The van der Waals surface area contributed by atoms with Gasteiger partial charge in [-0.3, -0.25) is 0 Å². The van der Waals surface area contributed by atoms with Gasteiger partial charge in [-0.1, -0.05) is 39.5 Å². The van der Waals surface area contributed by atoms with E-state index in [-0.39, 0.29) is 0 Å². The van der Waals surface area contributed by atoms with Crippen LogP contribution in [0, 0.1) is 0 Å². The van der Waals surface area contributed by atoms with Gasteiger partial charge in [-0.15, -0.1) is 0 Å². The average Bonchev–Trinajstić information content (AvgIpc) is 2.38. The van der Waals surface area contributed by atoms with Gasteiger partial charge < -0.3 is 11.5 Å². The Morgan fingerprint density at radius 1 is 0.889 bits per heavy atom. The molecule has 6 heteroatoms. The number of unbranched alkanes of at least 4 members (excludes halogenated alkanes) is 2. The molecule has 0 aromatic rings. The van der Waals surface area contributed by atoms with E-state index in [0.29, 0.717) is 12.8 Å². The molecule has 2 atom stereocenters. The lowest BCUT2D eigenvalue weighted by Gasteiger charge is -2.11. The van der Waals surface area contributed by atoms with Gasteiger partial charge in [0, 0.05) is 0 Å². The summed E-state index contributed by atoms with van der Waals surface area (Å²) in [5.41, 5.74) is 11.1. The summed E-state index contributed by atoms with van der Waals surface area (Å²) in [6.45, 7) is 3.98. The summed E-state index contributed by atoms with van der Waals surface area (Å²) in [6.07, 6.45) is 4.52. The summed E-state index contributed by atoms with van der Waals surface area (Å²) in [6, 6.07) is -1.52. The molecule has 0 aliphatic rings. The Hall–Kier alpha value is -1.14. The zero-order valence-corrected chi connectivity index (χ0v) is 11.2. The van der Waals surface area contributed by atoms with E-state index in [0.717, 1.165) is 25.7 Å². The molecule has 0 aromatic carbocycles. The first-order valence-electron chi connectivity index (χ1n) is 6.46. The van der Waals surface area contributed by atoms with Gasteiger partial charge in [0.1, 0.15) is 12.1 Å². The van der Waals surface area contributed by atoms with E-state index in [1.807, 2.05) is 13.8 Å². The van der Waals surface area contributed by atoms with Crippen molar-refractivity contribution in [3.63, 3.8) is 0 Å². The summed E-state index contributed by atoms with van der Waals surface area (Å²) in [7, 11) is 0. The summed E-state index contributed by atoms with van der Waals surface area (Å²) < 4.78 is 0. The molecule has 0 saturated carbocycles.